The Kier molecular flexibility index (Phi) is 4.08. The maximum absolute atomic E-state index is 12.6. The molecule has 2 nitrogen and oxygen atoms in total. The van der Waals surface area contributed by atoms with E-state index in [0.717, 1.165) is 20.8 Å². The summed E-state index contributed by atoms with van der Waals surface area (Å²) in [5.41, 5.74) is 7.58. The smallest absolute Gasteiger partial charge is 0.0632 e. The molecule has 2 N–H and O–H groups in total. The fraction of sp³-hybridized carbons (Fsp3) is 0.0588. The van der Waals surface area contributed by atoms with Crippen LogP contribution in [0.15, 0.2) is 70.0 Å². The van der Waals surface area contributed by atoms with Crippen molar-refractivity contribution < 1.29 is 4.21 Å². The zero-order valence-electron chi connectivity index (χ0n) is 11.3. The Bertz CT molecular complexity index is 827. The molecule has 3 aromatic rings. The van der Waals surface area contributed by atoms with Crippen LogP contribution >= 0.6 is 15.9 Å². The maximum Gasteiger partial charge on any atom is 0.0632 e. The summed E-state index contributed by atoms with van der Waals surface area (Å²) in [5, 5.41) is 2.30. The van der Waals surface area contributed by atoms with E-state index in [1.54, 1.807) is 6.07 Å². The Morgan fingerprint density at radius 2 is 1.76 bits per heavy atom. The minimum atomic E-state index is -1.17. The number of fused-ring (bicyclic) bond motifs is 1. The summed E-state index contributed by atoms with van der Waals surface area (Å²) in [6.07, 6.45) is 0. The molecule has 0 aliphatic rings. The van der Waals surface area contributed by atoms with Crippen molar-refractivity contribution in [2.45, 2.75) is 10.6 Å². The van der Waals surface area contributed by atoms with E-state index >= 15 is 0 Å². The van der Waals surface area contributed by atoms with E-state index < -0.39 is 10.8 Å². The van der Waals surface area contributed by atoms with Crippen LogP contribution in [0, 0.1) is 0 Å². The summed E-state index contributed by atoms with van der Waals surface area (Å²) < 4.78 is 13.5. The number of benzene rings is 3. The molecule has 0 aliphatic carbocycles. The summed E-state index contributed by atoms with van der Waals surface area (Å²) in [4.78, 5) is 0.678. The molecule has 0 bridgehead atoms. The van der Waals surface area contributed by atoms with Gasteiger partial charge >= 0.3 is 0 Å². The number of rotatable bonds is 3. The normalized spacial score (nSPS) is 12.4. The molecule has 0 saturated heterocycles. The van der Waals surface area contributed by atoms with Gasteiger partial charge in [0.05, 0.1) is 21.4 Å². The van der Waals surface area contributed by atoms with Crippen molar-refractivity contribution in [3.8, 4) is 0 Å². The largest absolute Gasteiger partial charge is 0.398 e. The Balaban J connectivity index is 1.99. The predicted octanol–water partition coefficient (Wildman–Crippen LogP) is 4.49. The van der Waals surface area contributed by atoms with Crippen molar-refractivity contribution in [3.05, 3.63) is 70.7 Å². The van der Waals surface area contributed by atoms with Gasteiger partial charge in [0.15, 0.2) is 0 Å². The van der Waals surface area contributed by atoms with Gasteiger partial charge in [-0.05, 0) is 34.5 Å². The molecule has 0 fully saturated rings. The fourth-order valence-corrected chi connectivity index (χ4v) is 4.13. The molecular formula is C17H14BrNOS. The van der Waals surface area contributed by atoms with Crippen LogP contribution in [0.5, 0.6) is 0 Å². The Hall–Kier alpha value is -1.65. The highest BCUT2D eigenvalue weighted by Crippen LogP contribution is 2.26. The fourth-order valence-electron chi connectivity index (χ4n) is 2.34. The van der Waals surface area contributed by atoms with E-state index in [0.29, 0.717) is 16.3 Å². The molecule has 0 amide bonds. The first kappa shape index (κ1) is 14.3. The standard InChI is InChI=1S/C17H14BrNOS/c18-14-8-9-16(19)17(10-14)21(20)11-13-6-3-5-12-4-1-2-7-15(12)13/h1-10H,11,19H2. The number of halogens is 1. The van der Waals surface area contributed by atoms with E-state index in [9.17, 15) is 4.21 Å². The SMILES string of the molecule is Nc1ccc(Br)cc1S(=O)Cc1cccc2ccccc12. The van der Waals surface area contributed by atoms with E-state index in [1.165, 1.54) is 0 Å². The van der Waals surface area contributed by atoms with Crippen molar-refractivity contribution in [1.82, 2.24) is 0 Å². The summed E-state index contributed by atoms with van der Waals surface area (Å²) in [7, 11) is -1.17. The molecule has 1 atom stereocenters. The predicted molar refractivity (Wildman–Crippen MR) is 92.6 cm³/mol. The number of hydrogen-bond acceptors (Lipinski definition) is 2. The molecule has 0 spiro atoms. The van der Waals surface area contributed by atoms with Gasteiger partial charge in [-0.3, -0.25) is 4.21 Å². The first-order valence-corrected chi connectivity index (χ1v) is 8.66. The van der Waals surface area contributed by atoms with Gasteiger partial charge in [-0.15, -0.1) is 0 Å². The van der Waals surface area contributed by atoms with Crippen LogP contribution in [-0.2, 0) is 16.6 Å². The molecule has 0 aliphatic heterocycles. The molecular weight excluding hydrogens is 346 g/mol. The highest BCUT2D eigenvalue weighted by atomic mass is 79.9. The van der Waals surface area contributed by atoms with Crippen molar-refractivity contribution >= 4 is 43.2 Å². The third-order valence-electron chi connectivity index (χ3n) is 3.39. The number of anilines is 1. The Morgan fingerprint density at radius 1 is 1.00 bits per heavy atom. The lowest BCUT2D eigenvalue weighted by molar-refractivity contribution is 0.683. The Labute approximate surface area is 134 Å². The maximum atomic E-state index is 12.6. The van der Waals surface area contributed by atoms with Gasteiger partial charge in [-0.25, -0.2) is 0 Å². The molecule has 1 unspecified atom stereocenters. The number of nitrogen functional groups attached to an aromatic ring is 1. The second kappa shape index (κ2) is 6.00. The second-order valence-corrected chi connectivity index (χ2v) is 7.15. The molecule has 0 saturated carbocycles. The van der Waals surface area contributed by atoms with Crippen LogP contribution in [0.3, 0.4) is 0 Å². The first-order valence-electron chi connectivity index (χ1n) is 6.55. The van der Waals surface area contributed by atoms with Crippen molar-refractivity contribution in [2.75, 3.05) is 5.73 Å². The van der Waals surface area contributed by atoms with E-state index in [1.807, 2.05) is 36.4 Å². The van der Waals surface area contributed by atoms with Gasteiger partial charge in [0.25, 0.3) is 0 Å². The highest BCUT2D eigenvalue weighted by Gasteiger charge is 2.11. The van der Waals surface area contributed by atoms with E-state index in [4.69, 9.17) is 5.73 Å². The lowest BCUT2D eigenvalue weighted by Gasteiger charge is -2.09. The zero-order chi connectivity index (χ0) is 14.8. The average molecular weight is 360 g/mol. The van der Waals surface area contributed by atoms with Crippen LogP contribution < -0.4 is 5.73 Å². The molecule has 0 heterocycles. The van der Waals surface area contributed by atoms with E-state index in [-0.39, 0.29) is 0 Å². The summed E-state index contributed by atoms with van der Waals surface area (Å²) >= 11 is 3.40. The monoisotopic (exact) mass is 359 g/mol. The quantitative estimate of drug-likeness (QED) is 0.700. The molecule has 3 aromatic carbocycles. The minimum Gasteiger partial charge on any atom is -0.398 e. The van der Waals surface area contributed by atoms with Crippen LogP contribution in [0.2, 0.25) is 0 Å². The van der Waals surface area contributed by atoms with E-state index in [2.05, 4.69) is 34.1 Å². The van der Waals surface area contributed by atoms with Gasteiger partial charge in [-0.1, -0.05) is 58.4 Å². The van der Waals surface area contributed by atoms with Crippen molar-refractivity contribution in [3.63, 3.8) is 0 Å². The van der Waals surface area contributed by atoms with Crippen molar-refractivity contribution in [2.24, 2.45) is 0 Å². The molecule has 4 heteroatoms. The van der Waals surface area contributed by atoms with Gasteiger partial charge in [-0.2, -0.15) is 0 Å². The topological polar surface area (TPSA) is 43.1 Å². The van der Waals surface area contributed by atoms with Gasteiger partial charge in [0.1, 0.15) is 0 Å². The summed E-state index contributed by atoms with van der Waals surface area (Å²) in [6.45, 7) is 0. The first-order chi connectivity index (χ1) is 10.1. The average Bonchev–Trinajstić information content (AvgIpc) is 2.50. The van der Waals surface area contributed by atoms with Crippen LogP contribution in [0.25, 0.3) is 10.8 Å². The molecule has 0 aromatic heterocycles. The Morgan fingerprint density at radius 3 is 2.62 bits per heavy atom. The summed E-state index contributed by atoms with van der Waals surface area (Å²) in [6, 6.07) is 19.7. The highest BCUT2D eigenvalue weighted by molar-refractivity contribution is 9.10. The number of nitrogens with two attached hydrogens (primary N) is 1. The summed E-state index contributed by atoms with van der Waals surface area (Å²) in [5.74, 6) is 0.460. The molecule has 106 valence electrons. The third-order valence-corrected chi connectivity index (χ3v) is 5.30. The van der Waals surface area contributed by atoms with Gasteiger partial charge < -0.3 is 5.73 Å². The molecule has 3 rings (SSSR count). The van der Waals surface area contributed by atoms with Gasteiger partial charge in [0, 0.05) is 10.2 Å². The minimum absolute atomic E-state index is 0.460. The van der Waals surface area contributed by atoms with Crippen LogP contribution in [0.1, 0.15) is 5.56 Å². The lowest BCUT2D eigenvalue weighted by Crippen LogP contribution is -2.01. The number of hydrogen-bond donors (Lipinski definition) is 1. The van der Waals surface area contributed by atoms with Crippen LogP contribution in [0.4, 0.5) is 5.69 Å². The van der Waals surface area contributed by atoms with Gasteiger partial charge in [0.2, 0.25) is 0 Å². The molecule has 21 heavy (non-hydrogen) atoms. The lowest BCUT2D eigenvalue weighted by atomic mass is 10.1. The second-order valence-electron chi connectivity index (χ2n) is 4.81. The third kappa shape index (κ3) is 3.01. The molecule has 0 radical (unpaired) electrons. The zero-order valence-corrected chi connectivity index (χ0v) is 13.7. The van der Waals surface area contributed by atoms with Crippen LogP contribution in [-0.4, -0.2) is 4.21 Å². The van der Waals surface area contributed by atoms with Crippen molar-refractivity contribution in [1.29, 1.82) is 0 Å².